The summed E-state index contributed by atoms with van der Waals surface area (Å²) in [4.78, 5) is 21.8. The van der Waals surface area contributed by atoms with Crippen LogP contribution in [0.25, 0.3) is 11.1 Å². The number of piperidine rings is 1. The first-order valence-electron chi connectivity index (χ1n) is 9.41. The van der Waals surface area contributed by atoms with Crippen LogP contribution < -0.4 is 10.6 Å². The molecule has 0 aliphatic carbocycles. The van der Waals surface area contributed by atoms with Gasteiger partial charge in [-0.2, -0.15) is 0 Å². The van der Waals surface area contributed by atoms with E-state index >= 15 is 0 Å². The first-order chi connectivity index (χ1) is 12.8. The summed E-state index contributed by atoms with van der Waals surface area (Å²) in [6.45, 7) is 2.62. The Hall–Kier alpha value is -2.53. The summed E-state index contributed by atoms with van der Waals surface area (Å²) in [5.74, 6) is -0.0385. The molecule has 1 amide bonds. The molecule has 2 aliphatic heterocycles. The van der Waals surface area contributed by atoms with E-state index in [0.717, 1.165) is 55.5 Å². The zero-order chi connectivity index (χ0) is 17.8. The summed E-state index contributed by atoms with van der Waals surface area (Å²) in [6.07, 6.45) is 7.50. The third-order valence-electron chi connectivity index (χ3n) is 5.12. The van der Waals surface area contributed by atoms with Gasteiger partial charge in [0.1, 0.15) is 5.71 Å². The van der Waals surface area contributed by atoms with E-state index in [4.69, 9.17) is 0 Å². The van der Waals surface area contributed by atoms with E-state index in [1.807, 2.05) is 18.3 Å². The van der Waals surface area contributed by atoms with Gasteiger partial charge in [0, 0.05) is 36.1 Å². The number of carbonyl (C=O) groups excluding carboxylic acids is 1. The lowest BCUT2D eigenvalue weighted by atomic mass is 9.94. The number of aromatic nitrogens is 1. The molecule has 1 aromatic carbocycles. The van der Waals surface area contributed by atoms with Crippen molar-refractivity contribution in [1.29, 1.82) is 0 Å². The largest absolute Gasteiger partial charge is 0.348 e. The van der Waals surface area contributed by atoms with Crippen molar-refractivity contribution < 1.29 is 4.79 Å². The van der Waals surface area contributed by atoms with Crippen molar-refractivity contribution in [2.75, 3.05) is 19.6 Å². The van der Waals surface area contributed by atoms with Crippen LogP contribution in [0.2, 0.25) is 0 Å². The Morgan fingerprint density at radius 1 is 1.15 bits per heavy atom. The third-order valence-corrected chi connectivity index (χ3v) is 5.12. The molecule has 0 unspecified atom stereocenters. The molecule has 1 saturated heterocycles. The first kappa shape index (κ1) is 16.9. The second kappa shape index (κ2) is 7.79. The maximum Gasteiger partial charge on any atom is 0.270 e. The fraction of sp³-hybridized carbons (Fsp3) is 0.381. The maximum absolute atomic E-state index is 13.0. The number of aliphatic imine (C=N–C) groups is 1. The molecule has 3 heterocycles. The lowest BCUT2D eigenvalue weighted by Crippen LogP contribution is -2.45. The average Bonchev–Trinajstić information content (AvgIpc) is 2.91. The number of nitrogens with zero attached hydrogens (tertiary/aromatic N) is 2. The van der Waals surface area contributed by atoms with E-state index in [-0.39, 0.29) is 11.9 Å². The van der Waals surface area contributed by atoms with Gasteiger partial charge in [0.2, 0.25) is 0 Å². The quantitative estimate of drug-likeness (QED) is 0.895. The van der Waals surface area contributed by atoms with Crippen molar-refractivity contribution in [1.82, 2.24) is 15.6 Å². The van der Waals surface area contributed by atoms with E-state index < -0.39 is 0 Å². The molecule has 4 rings (SSSR count). The predicted molar refractivity (Wildman–Crippen MR) is 103 cm³/mol. The summed E-state index contributed by atoms with van der Waals surface area (Å²) in [5.41, 5.74) is 4.88. The Morgan fingerprint density at radius 2 is 2.04 bits per heavy atom. The Morgan fingerprint density at radius 3 is 2.85 bits per heavy atom. The van der Waals surface area contributed by atoms with Crippen LogP contribution in [0, 0.1) is 0 Å². The van der Waals surface area contributed by atoms with E-state index in [9.17, 15) is 4.79 Å². The monoisotopic (exact) mass is 348 g/mol. The number of hydrogen-bond donors (Lipinski definition) is 2. The van der Waals surface area contributed by atoms with Gasteiger partial charge in [-0.25, -0.2) is 0 Å². The molecule has 1 fully saturated rings. The van der Waals surface area contributed by atoms with Crippen molar-refractivity contribution in [3.63, 3.8) is 0 Å². The predicted octanol–water partition coefficient (Wildman–Crippen LogP) is 2.35. The fourth-order valence-corrected chi connectivity index (χ4v) is 3.69. The van der Waals surface area contributed by atoms with Crippen LogP contribution in [-0.4, -0.2) is 42.3 Å². The number of nitrogens with one attached hydrogen (secondary N) is 2. The Kier molecular flexibility index (Phi) is 5.07. The number of amides is 1. The van der Waals surface area contributed by atoms with Crippen molar-refractivity contribution >= 4 is 11.6 Å². The van der Waals surface area contributed by atoms with Crippen LogP contribution >= 0.6 is 0 Å². The lowest BCUT2D eigenvalue weighted by molar-refractivity contribution is -0.115. The second-order valence-electron chi connectivity index (χ2n) is 6.95. The van der Waals surface area contributed by atoms with E-state index in [0.29, 0.717) is 12.3 Å². The first-order valence-corrected chi connectivity index (χ1v) is 9.41. The van der Waals surface area contributed by atoms with Crippen LogP contribution in [0.1, 0.15) is 30.4 Å². The number of pyridine rings is 1. The minimum absolute atomic E-state index is 0.0385. The van der Waals surface area contributed by atoms with Crippen molar-refractivity contribution in [3.8, 4) is 11.1 Å². The zero-order valence-electron chi connectivity index (χ0n) is 14.9. The highest BCUT2D eigenvalue weighted by Crippen LogP contribution is 2.25. The second-order valence-corrected chi connectivity index (χ2v) is 6.95. The molecule has 0 radical (unpaired) electrons. The molecule has 2 N–H and O–H groups in total. The minimum Gasteiger partial charge on any atom is -0.348 e. The standard InChI is InChI=1S/C21H24N4O/c26-21(25-18-7-11-22-12-8-18)20-19-13-16(17-4-1-9-23-14-17)6-5-15(19)3-2-10-24-20/h1,4-6,9,13-14,18,22H,2-3,7-8,10-12H2,(H,25,26). The molecule has 0 spiro atoms. The topological polar surface area (TPSA) is 66.4 Å². The Labute approximate surface area is 154 Å². The van der Waals surface area contributed by atoms with Gasteiger partial charge in [0.15, 0.2) is 0 Å². The summed E-state index contributed by atoms with van der Waals surface area (Å²) in [5, 5.41) is 6.53. The van der Waals surface area contributed by atoms with Crippen LogP contribution in [0.5, 0.6) is 0 Å². The van der Waals surface area contributed by atoms with E-state index in [1.165, 1.54) is 5.56 Å². The summed E-state index contributed by atoms with van der Waals surface area (Å²) in [7, 11) is 0. The van der Waals surface area contributed by atoms with Crippen molar-refractivity contribution in [2.45, 2.75) is 31.7 Å². The smallest absolute Gasteiger partial charge is 0.270 e. The number of fused-ring (bicyclic) bond motifs is 1. The SMILES string of the molecule is O=C(NC1CCNCC1)C1=NCCCc2ccc(-c3cccnc3)cc21. The van der Waals surface area contributed by atoms with Crippen LogP contribution in [0.4, 0.5) is 0 Å². The van der Waals surface area contributed by atoms with Gasteiger partial charge < -0.3 is 10.6 Å². The molecule has 134 valence electrons. The van der Waals surface area contributed by atoms with E-state index in [2.05, 4.69) is 38.8 Å². The summed E-state index contributed by atoms with van der Waals surface area (Å²) in [6, 6.07) is 10.6. The summed E-state index contributed by atoms with van der Waals surface area (Å²) >= 11 is 0. The van der Waals surface area contributed by atoms with Gasteiger partial charge in [-0.3, -0.25) is 14.8 Å². The Balaban J connectivity index is 1.64. The normalized spacial score (nSPS) is 17.8. The molecule has 0 saturated carbocycles. The van der Waals surface area contributed by atoms with Gasteiger partial charge in [0.25, 0.3) is 5.91 Å². The molecule has 2 aliphatic rings. The number of benzene rings is 1. The maximum atomic E-state index is 13.0. The average molecular weight is 348 g/mol. The summed E-state index contributed by atoms with van der Waals surface area (Å²) < 4.78 is 0. The van der Waals surface area contributed by atoms with Crippen LogP contribution in [0.3, 0.4) is 0 Å². The fourth-order valence-electron chi connectivity index (χ4n) is 3.69. The highest BCUT2D eigenvalue weighted by Gasteiger charge is 2.23. The molecule has 1 aromatic heterocycles. The minimum atomic E-state index is -0.0385. The molecule has 5 heteroatoms. The van der Waals surface area contributed by atoms with Gasteiger partial charge in [-0.05, 0) is 62.0 Å². The number of rotatable bonds is 3. The molecule has 0 atom stereocenters. The van der Waals surface area contributed by atoms with E-state index in [1.54, 1.807) is 6.20 Å². The zero-order valence-corrected chi connectivity index (χ0v) is 14.9. The number of carbonyl (C=O) groups is 1. The van der Waals surface area contributed by atoms with Crippen molar-refractivity contribution in [3.05, 3.63) is 53.9 Å². The van der Waals surface area contributed by atoms with Gasteiger partial charge in [-0.1, -0.05) is 18.2 Å². The lowest BCUT2D eigenvalue weighted by Gasteiger charge is -2.24. The molecule has 0 bridgehead atoms. The molecule has 5 nitrogen and oxygen atoms in total. The number of aryl methyl sites for hydroxylation is 1. The molecule has 2 aromatic rings. The van der Waals surface area contributed by atoms with Crippen molar-refractivity contribution in [2.24, 2.45) is 4.99 Å². The van der Waals surface area contributed by atoms with Gasteiger partial charge in [-0.15, -0.1) is 0 Å². The van der Waals surface area contributed by atoms with Gasteiger partial charge in [0.05, 0.1) is 0 Å². The highest BCUT2D eigenvalue weighted by atomic mass is 16.2. The highest BCUT2D eigenvalue weighted by molar-refractivity contribution is 6.45. The Bertz CT molecular complexity index is 810. The third kappa shape index (κ3) is 3.68. The molecular formula is C21H24N4O. The number of hydrogen-bond acceptors (Lipinski definition) is 4. The molecule has 26 heavy (non-hydrogen) atoms. The van der Waals surface area contributed by atoms with Gasteiger partial charge >= 0.3 is 0 Å². The van der Waals surface area contributed by atoms with Crippen LogP contribution in [0.15, 0.2) is 47.7 Å². The van der Waals surface area contributed by atoms with Crippen LogP contribution in [-0.2, 0) is 11.2 Å². The molecular weight excluding hydrogens is 324 g/mol.